The van der Waals surface area contributed by atoms with Gasteiger partial charge in [-0.25, -0.2) is 9.97 Å². The average molecular weight is 490 g/mol. The lowest BCUT2D eigenvalue weighted by Gasteiger charge is -2.15. The molecule has 184 valence electrons. The lowest BCUT2D eigenvalue weighted by atomic mass is 10.0. The van der Waals surface area contributed by atoms with Gasteiger partial charge in [-0.05, 0) is 35.9 Å². The van der Waals surface area contributed by atoms with Gasteiger partial charge >= 0.3 is 0 Å². The zero-order valence-corrected chi connectivity index (χ0v) is 20.5. The van der Waals surface area contributed by atoms with Gasteiger partial charge < -0.3 is 20.5 Å². The van der Waals surface area contributed by atoms with Gasteiger partial charge in [0.1, 0.15) is 18.1 Å². The van der Waals surface area contributed by atoms with Crippen molar-refractivity contribution in [2.75, 3.05) is 24.7 Å². The van der Waals surface area contributed by atoms with Crippen LogP contribution in [0.25, 0.3) is 17.0 Å². The van der Waals surface area contributed by atoms with Crippen LogP contribution in [-0.2, 0) is 11.3 Å². The Balaban J connectivity index is 1.36. The SMILES string of the molecule is COC(=C1C=CCN=C1)c1cc(-c2ccnc(Nc3cccc(OCc4ccccc4)c3)n2)ccc1N. The number of benzene rings is 3. The van der Waals surface area contributed by atoms with Crippen molar-refractivity contribution in [2.45, 2.75) is 6.61 Å². The van der Waals surface area contributed by atoms with Crippen molar-refractivity contribution in [1.82, 2.24) is 9.97 Å². The number of ether oxygens (including phenoxy) is 2. The molecule has 5 rings (SSSR count). The highest BCUT2D eigenvalue weighted by atomic mass is 16.5. The molecule has 2 heterocycles. The molecule has 37 heavy (non-hydrogen) atoms. The molecule has 0 spiro atoms. The van der Waals surface area contributed by atoms with Crippen molar-refractivity contribution in [2.24, 2.45) is 4.99 Å². The minimum absolute atomic E-state index is 0.476. The molecule has 1 aliphatic rings. The average Bonchev–Trinajstić information content (AvgIpc) is 2.95. The van der Waals surface area contributed by atoms with Crippen molar-refractivity contribution < 1.29 is 9.47 Å². The molecule has 0 radical (unpaired) electrons. The van der Waals surface area contributed by atoms with E-state index in [2.05, 4.69) is 15.3 Å². The second-order valence-corrected chi connectivity index (χ2v) is 8.38. The summed E-state index contributed by atoms with van der Waals surface area (Å²) in [7, 11) is 1.63. The quantitative estimate of drug-likeness (QED) is 0.231. The predicted molar refractivity (Wildman–Crippen MR) is 149 cm³/mol. The van der Waals surface area contributed by atoms with Crippen LogP contribution in [0.5, 0.6) is 5.75 Å². The molecule has 0 bridgehead atoms. The minimum Gasteiger partial charge on any atom is -0.495 e. The van der Waals surface area contributed by atoms with E-state index in [0.29, 0.717) is 30.5 Å². The maximum atomic E-state index is 6.32. The van der Waals surface area contributed by atoms with Crippen molar-refractivity contribution in [3.05, 3.63) is 114 Å². The number of allylic oxidation sites excluding steroid dienone is 2. The number of nitrogens with two attached hydrogens (primary N) is 1. The number of nitrogens with one attached hydrogen (secondary N) is 1. The first-order valence-electron chi connectivity index (χ1n) is 11.9. The van der Waals surface area contributed by atoms with Crippen LogP contribution in [0.15, 0.2) is 108 Å². The van der Waals surface area contributed by atoms with Gasteiger partial charge in [0, 0.05) is 46.6 Å². The van der Waals surface area contributed by atoms with Crippen LogP contribution in [-0.4, -0.2) is 29.8 Å². The van der Waals surface area contributed by atoms with Gasteiger partial charge in [-0.15, -0.1) is 0 Å². The molecule has 7 nitrogen and oxygen atoms in total. The summed E-state index contributed by atoms with van der Waals surface area (Å²) in [6.45, 7) is 1.16. The van der Waals surface area contributed by atoms with E-state index in [4.69, 9.17) is 20.2 Å². The molecule has 0 unspecified atom stereocenters. The summed E-state index contributed by atoms with van der Waals surface area (Å²) in [6, 6.07) is 25.4. The van der Waals surface area contributed by atoms with Crippen LogP contribution in [0.4, 0.5) is 17.3 Å². The van der Waals surface area contributed by atoms with Crippen LogP contribution in [0.1, 0.15) is 11.1 Å². The highest BCUT2D eigenvalue weighted by Gasteiger charge is 2.14. The summed E-state index contributed by atoms with van der Waals surface area (Å²) in [5, 5.41) is 3.28. The Morgan fingerprint density at radius 2 is 1.89 bits per heavy atom. The van der Waals surface area contributed by atoms with Crippen LogP contribution in [0.3, 0.4) is 0 Å². The van der Waals surface area contributed by atoms with Gasteiger partial charge in [-0.3, -0.25) is 4.99 Å². The number of nitrogens with zero attached hydrogens (tertiary/aromatic N) is 3. The standard InChI is InChI=1S/C30H27N5O2/c1-36-29(23-9-6-15-32-19-23)26-17-22(12-13-27(26)31)28-14-16-33-30(35-28)34-24-10-5-11-25(18-24)37-20-21-7-3-2-4-8-21/h2-14,16-19H,15,20,31H2,1H3,(H,33,34,35). The summed E-state index contributed by atoms with van der Waals surface area (Å²) < 4.78 is 11.7. The van der Waals surface area contributed by atoms with Gasteiger partial charge in [0.05, 0.1) is 19.3 Å². The molecule has 0 amide bonds. The zero-order valence-electron chi connectivity index (χ0n) is 20.5. The summed E-state index contributed by atoms with van der Waals surface area (Å²) >= 11 is 0. The summed E-state index contributed by atoms with van der Waals surface area (Å²) in [4.78, 5) is 13.4. The molecule has 0 fully saturated rings. The van der Waals surface area contributed by atoms with Gasteiger partial charge in [-0.1, -0.05) is 54.6 Å². The number of dihydropyridines is 1. The molecule has 3 aromatic carbocycles. The monoisotopic (exact) mass is 489 g/mol. The van der Waals surface area contributed by atoms with E-state index in [1.54, 1.807) is 19.5 Å². The van der Waals surface area contributed by atoms with E-state index >= 15 is 0 Å². The fourth-order valence-electron chi connectivity index (χ4n) is 3.98. The number of aromatic nitrogens is 2. The summed E-state index contributed by atoms with van der Waals surface area (Å²) in [5.74, 6) is 1.90. The van der Waals surface area contributed by atoms with Gasteiger partial charge in [0.15, 0.2) is 0 Å². The van der Waals surface area contributed by atoms with Crippen molar-refractivity contribution in [1.29, 1.82) is 0 Å². The molecule has 0 aliphatic carbocycles. The number of nitrogen functional groups attached to an aromatic ring is 1. The third kappa shape index (κ3) is 5.85. The van der Waals surface area contributed by atoms with E-state index in [1.807, 2.05) is 91.0 Å². The molecule has 0 saturated heterocycles. The van der Waals surface area contributed by atoms with Crippen molar-refractivity contribution in [3.8, 4) is 17.0 Å². The maximum absolute atomic E-state index is 6.32. The third-order valence-electron chi connectivity index (χ3n) is 5.79. The van der Waals surface area contributed by atoms with Gasteiger partial charge in [-0.2, -0.15) is 0 Å². The van der Waals surface area contributed by atoms with Gasteiger partial charge in [0.2, 0.25) is 5.95 Å². The molecule has 4 aromatic rings. The van der Waals surface area contributed by atoms with Crippen LogP contribution in [0, 0.1) is 0 Å². The smallest absolute Gasteiger partial charge is 0.227 e. The molecular formula is C30H27N5O2. The number of anilines is 3. The number of hydrogen-bond donors (Lipinski definition) is 2. The first-order chi connectivity index (χ1) is 18.2. The molecule has 0 saturated carbocycles. The fraction of sp³-hybridized carbons (Fsp3) is 0.100. The predicted octanol–water partition coefficient (Wildman–Crippen LogP) is 6.05. The second kappa shape index (κ2) is 11.2. The first kappa shape index (κ1) is 23.8. The van der Waals surface area contributed by atoms with Crippen LogP contribution < -0.4 is 15.8 Å². The highest BCUT2D eigenvalue weighted by Crippen LogP contribution is 2.31. The molecule has 0 atom stereocenters. The molecule has 1 aliphatic heterocycles. The van der Waals surface area contributed by atoms with E-state index in [1.165, 1.54) is 0 Å². The Kier molecular flexibility index (Phi) is 7.22. The van der Waals surface area contributed by atoms with Crippen molar-refractivity contribution >= 4 is 29.3 Å². The number of aliphatic imine (C=N–C) groups is 1. The number of rotatable bonds is 8. The summed E-state index contributed by atoms with van der Waals surface area (Å²) in [5.41, 5.74) is 12.2. The highest BCUT2D eigenvalue weighted by molar-refractivity contribution is 5.95. The van der Waals surface area contributed by atoms with E-state index in [9.17, 15) is 0 Å². The van der Waals surface area contributed by atoms with E-state index in [-0.39, 0.29) is 0 Å². The Morgan fingerprint density at radius 3 is 2.70 bits per heavy atom. The Labute approximate surface area is 216 Å². The Morgan fingerprint density at radius 1 is 1.00 bits per heavy atom. The minimum atomic E-state index is 0.476. The largest absolute Gasteiger partial charge is 0.495 e. The zero-order chi connectivity index (χ0) is 25.5. The van der Waals surface area contributed by atoms with Crippen LogP contribution >= 0.6 is 0 Å². The lowest BCUT2D eigenvalue weighted by molar-refractivity contribution is 0.306. The lowest BCUT2D eigenvalue weighted by Crippen LogP contribution is -2.02. The maximum Gasteiger partial charge on any atom is 0.227 e. The molecular weight excluding hydrogens is 462 g/mol. The first-order valence-corrected chi connectivity index (χ1v) is 11.9. The number of methoxy groups -OCH3 is 1. The second-order valence-electron chi connectivity index (χ2n) is 8.38. The topological polar surface area (TPSA) is 94.7 Å². The third-order valence-corrected chi connectivity index (χ3v) is 5.79. The van der Waals surface area contributed by atoms with Gasteiger partial charge in [0.25, 0.3) is 0 Å². The molecule has 7 heteroatoms. The van der Waals surface area contributed by atoms with E-state index in [0.717, 1.165) is 39.4 Å². The normalized spacial score (nSPS) is 13.8. The Bertz CT molecular complexity index is 1460. The molecule has 3 N–H and O–H groups in total. The van der Waals surface area contributed by atoms with Crippen LogP contribution in [0.2, 0.25) is 0 Å². The summed E-state index contributed by atoms with van der Waals surface area (Å²) in [6.07, 6.45) is 7.50. The van der Waals surface area contributed by atoms with Crippen molar-refractivity contribution in [3.63, 3.8) is 0 Å². The number of hydrogen-bond acceptors (Lipinski definition) is 7. The fourth-order valence-corrected chi connectivity index (χ4v) is 3.98. The van der Waals surface area contributed by atoms with E-state index < -0.39 is 0 Å². The molecule has 1 aromatic heterocycles. The Hall–Kier alpha value is -4.91.